The van der Waals surface area contributed by atoms with Gasteiger partial charge in [-0.1, -0.05) is 73.9 Å². The van der Waals surface area contributed by atoms with Crippen molar-refractivity contribution in [3.05, 3.63) is 90.5 Å². The molecule has 0 amide bonds. The molecule has 0 aliphatic carbocycles. The van der Waals surface area contributed by atoms with Gasteiger partial charge in [-0.2, -0.15) is 0 Å². The topological polar surface area (TPSA) is 0 Å². The van der Waals surface area contributed by atoms with Crippen LogP contribution in [0.25, 0.3) is 0 Å². The molecule has 0 atom stereocenters. The van der Waals surface area contributed by atoms with Gasteiger partial charge in [-0.05, 0) is 56.2 Å². The van der Waals surface area contributed by atoms with Gasteiger partial charge in [0.25, 0.3) is 0 Å². The first kappa shape index (κ1) is 18.9. The van der Waals surface area contributed by atoms with Crippen LogP contribution in [0.2, 0.25) is 0 Å². The maximum absolute atomic E-state index is 2.38. The molecule has 0 saturated heterocycles. The second kappa shape index (κ2) is 9.15. The second-order valence-electron chi connectivity index (χ2n) is 7.10. The molecule has 134 valence electrons. The van der Waals surface area contributed by atoms with Crippen molar-refractivity contribution in [3.63, 3.8) is 0 Å². The molecule has 0 aromatic heterocycles. The average Bonchev–Trinajstić information content (AvgIpc) is 2.71. The highest BCUT2D eigenvalue weighted by Gasteiger charge is 2.44. The lowest BCUT2D eigenvalue weighted by molar-refractivity contribution is 0.705. The Hall–Kier alpha value is -1.91. The van der Waals surface area contributed by atoms with Crippen LogP contribution in [0, 0.1) is 6.92 Å². The lowest BCUT2D eigenvalue weighted by Gasteiger charge is -2.28. The predicted molar refractivity (Wildman–Crippen MR) is 119 cm³/mol. The van der Waals surface area contributed by atoms with Gasteiger partial charge in [0, 0.05) is 0 Å². The van der Waals surface area contributed by atoms with Crippen molar-refractivity contribution >= 4 is 23.2 Å². The molecule has 0 spiro atoms. The summed E-state index contributed by atoms with van der Waals surface area (Å²) in [5, 5.41) is 4.52. The minimum atomic E-state index is -1.61. The van der Waals surface area contributed by atoms with Crippen molar-refractivity contribution in [2.45, 2.75) is 39.5 Å². The molecule has 26 heavy (non-hydrogen) atoms. The number of benzene rings is 3. The van der Waals surface area contributed by atoms with Crippen molar-refractivity contribution in [3.8, 4) is 0 Å². The lowest BCUT2D eigenvalue weighted by atomic mass is 10.2. The number of aryl methyl sites for hydroxylation is 1. The van der Waals surface area contributed by atoms with E-state index in [-0.39, 0.29) is 0 Å². The molecule has 0 bridgehead atoms. The van der Waals surface area contributed by atoms with Crippen molar-refractivity contribution in [1.29, 1.82) is 0 Å². The zero-order valence-electron chi connectivity index (χ0n) is 16.1. The maximum atomic E-state index is 2.38. The van der Waals surface area contributed by atoms with Gasteiger partial charge in [-0.3, -0.25) is 0 Å². The standard InChI is InChI=1S/C25H30P/c1-3-4-5-12-21-26(23-13-8-6-9-14-23,24-15-10-7-11-16-24)25-19-17-22(2)18-20-25/h6-11,13-20H,3-5,12,21H2,1-2H3/q+1. The molecule has 3 aromatic carbocycles. The van der Waals surface area contributed by atoms with Gasteiger partial charge in [0.05, 0.1) is 6.16 Å². The highest BCUT2D eigenvalue weighted by molar-refractivity contribution is 7.95. The van der Waals surface area contributed by atoms with Crippen LogP contribution in [0.4, 0.5) is 0 Å². The number of rotatable bonds is 8. The molecule has 3 aromatic rings. The number of hydrogen-bond acceptors (Lipinski definition) is 0. The summed E-state index contributed by atoms with van der Waals surface area (Å²) in [6, 6.07) is 31.8. The molecule has 0 N–H and O–H groups in total. The van der Waals surface area contributed by atoms with Gasteiger partial charge < -0.3 is 0 Å². The third-order valence-electron chi connectivity index (χ3n) is 5.22. The molecule has 0 saturated carbocycles. The van der Waals surface area contributed by atoms with Crippen LogP contribution in [0.3, 0.4) is 0 Å². The van der Waals surface area contributed by atoms with E-state index >= 15 is 0 Å². The Labute approximate surface area is 159 Å². The van der Waals surface area contributed by atoms with Crippen LogP contribution < -0.4 is 15.9 Å². The van der Waals surface area contributed by atoms with E-state index in [0.29, 0.717) is 0 Å². The minimum absolute atomic E-state index is 1.25. The summed E-state index contributed by atoms with van der Waals surface area (Å²) < 4.78 is 0. The Balaban J connectivity index is 2.15. The summed E-state index contributed by atoms with van der Waals surface area (Å²) in [5.74, 6) is 0. The Morgan fingerprint density at radius 2 is 1.08 bits per heavy atom. The maximum Gasteiger partial charge on any atom is 0.112 e. The molecule has 0 aliphatic heterocycles. The predicted octanol–water partition coefficient (Wildman–Crippen LogP) is 5.87. The molecule has 0 heterocycles. The number of hydrogen-bond donors (Lipinski definition) is 0. The monoisotopic (exact) mass is 361 g/mol. The first-order valence-corrected chi connectivity index (χ1v) is 11.8. The Kier molecular flexibility index (Phi) is 6.64. The van der Waals surface area contributed by atoms with Crippen LogP contribution in [-0.2, 0) is 0 Å². The van der Waals surface area contributed by atoms with Crippen LogP contribution in [0.1, 0.15) is 38.2 Å². The summed E-state index contributed by atoms with van der Waals surface area (Å²) >= 11 is 0. The van der Waals surface area contributed by atoms with Gasteiger partial charge in [-0.15, -0.1) is 0 Å². The van der Waals surface area contributed by atoms with Crippen LogP contribution >= 0.6 is 7.26 Å². The SMILES string of the molecule is CCCCCC[P+](c1ccccc1)(c1ccccc1)c1ccc(C)cc1. The smallest absolute Gasteiger partial charge is 0.0654 e. The van der Waals surface area contributed by atoms with E-state index in [1.807, 2.05) is 0 Å². The average molecular weight is 361 g/mol. The van der Waals surface area contributed by atoms with Crippen molar-refractivity contribution in [1.82, 2.24) is 0 Å². The molecule has 3 rings (SSSR count). The van der Waals surface area contributed by atoms with Gasteiger partial charge >= 0.3 is 0 Å². The van der Waals surface area contributed by atoms with Gasteiger partial charge in [0.15, 0.2) is 0 Å². The Morgan fingerprint density at radius 3 is 1.58 bits per heavy atom. The van der Waals surface area contributed by atoms with Crippen LogP contribution in [0.5, 0.6) is 0 Å². The molecular weight excluding hydrogens is 331 g/mol. The van der Waals surface area contributed by atoms with E-state index < -0.39 is 7.26 Å². The Morgan fingerprint density at radius 1 is 0.577 bits per heavy atom. The van der Waals surface area contributed by atoms with E-state index in [1.54, 1.807) is 0 Å². The zero-order valence-corrected chi connectivity index (χ0v) is 17.0. The third kappa shape index (κ3) is 4.08. The summed E-state index contributed by atoms with van der Waals surface area (Å²) in [6.07, 6.45) is 6.48. The summed E-state index contributed by atoms with van der Waals surface area (Å²) in [6.45, 7) is 4.47. The summed E-state index contributed by atoms with van der Waals surface area (Å²) in [4.78, 5) is 0. The third-order valence-corrected chi connectivity index (χ3v) is 9.74. The fourth-order valence-corrected chi connectivity index (χ4v) is 8.16. The van der Waals surface area contributed by atoms with E-state index in [1.165, 1.54) is 53.3 Å². The fraction of sp³-hybridized carbons (Fsp3) is 0.280. The highest BCUT2D eigenvalue weighted by atomic mass is 31.2. The minimum Gasteiger partial charge on any atom is -0.0654 e. The largest absolute Gasteiger partial charge is 0.112 e. The molecule has 0 fully saturated rings. The normalized spacial score (nSPS) is 11.5. The van der Waals surface area contributed by atoms with Crippen LogP contribution in [0.15, 0.2) is 84.9 Å². The van der Waals surface area contributed by atoms with Crippen molar-refractivity contribution in [2.75, 3.05) is 6.16 Å². The molecular formula is C25H30P+. The van der Waals surface area contributed by atoms with E-state index in [9.17, 15) is 0 Å². The zero-order chi connectivity index (χ0) is 18.2. The van der Waals surface area contributed by atoms with E-state index in [4.69, 9.17) is 0 Å². The van der Waals surface area contributed by atoms with Crippen molar-refractivity contribution < 1.29 is 0 Å². The molecule has 1 heteroatoms. The first-order valence-electron chi connectivity index (χ1n) is 9.84. The van der Waals surface area contributed by atoms with Gasteiger partial charge in [0.1, 0.15) is 23.2 Å². The highest BCUT2D eigenvalue weighted by Crippen LogP contribution is 2.56. The first-order chi connectivity index (χ1) is 12.8. The van der Waals surface area contributed by atoms with Crippen molar-refractivity contribution in [2.24, 2.45) is 0 Å². The van der Waals surface area contributed by atoms with E-state index in [0.717, 1.165) is 0 Å². The second-order valence-corrected chi connectivity index (χ2v) is 10.7. The van der Waals surface area contributed by atoms with Crippen LogP contribution in [-0.4, -0.2) is 6.16 Å². The lowest BCUT2D eigenvalue weighted by Crippen LogP contribution is -2.33. The molecule has 0 unspecified atom stereocenters. The van der Waals surface area contributed by atoms with Gasteiger partial charge in [-0.25, -0.2) is 0 Å². The molecule has 0 nitrogen and oxygen atoms in total. The Bertz CT molecular complexity index is 736. The summed E-state index contributed by atoms with van der Waals surface area (Å²) in [5.41, 5.74) is 1.33. The summed E-state index contributed by atoms with van der Waals surface area (Å²) in [7, 11) is -1.61. The number of unbranched alkanes of at least 4 members (excludes halogenated alkanes) is 3. The quantitative estimate of drug-likeness (QED) is 0.348. The fourth-order valence-electron chi connectivity index (χ4n) is 3.77. The van der Waals surface area contributed by atoms with E-state index in [2.05, 4.69) is 98.8 Å². The molecule has 0 radical (unpaired) electrons. The van der Waals surface area contributed by atoms with Gasteiger partial charge in [0.2, 0.25) is 0 Å². The molecule has 0 aliphatic rings.